The Kier molecular flexibility index (Phi) is 6.73. The van der Waals surface area contributed by atoms with Crippen LogP contribution in [0.2, 0.25) is 0 Å². The van der Waals surface area contributed by atoms with Crippen LogP contribution in [0.25, 0.3) is 0 Å². The van der Waals surface area contributed by atoms with E-state index < -0.39 is 12.9 Å². The van der Waals surface area contributed by atoms with E-state index in [1.54, 1.807) is 0 Å². The molecule has 0 heterocycles. The molecule has 0 saturated carbocycles. The molecule has 0 nitrogen and oxygen atoms in total. The maximum Gasteiger partial charge on any atom is 0.263 e. The molecule has 0 aliphatic carbocycles. The minimum atomic E-state index is -2.41. The summed E-state index contributed by atoms with van der Waals surface area (Å²) in [6, 6.07) is 11.3. The lowest BCUT2D eigenvalue weighted by Crippen LogP contribution is -1.82. The predicted octanol–water partition coefficient (Wildman–Crippen LogP) is 5.21. The molecule has 2 aromatic carbocycles. The Labute approximate surface area is 126 Å². The molecule has 0 aliphatic heterocycles. The molecule has 0 aromatic heterocycles. The van der Waals surface area contributed by atoms with E-state index in [0.717, 1.165) is 0 Å². The van der Waals surface area contributed by atoms with E-state index >= 15 is 0 Å². The van der Waals surface area contributed by atoms with Gasteiger partial charge < -0.3 is 0 Å². The Morgan fingerprint density at radius 1 is 0.591 bits per heavy atom. The van der Waals surface area contributed by atoms with Gasteiger partial charge in [0.15, 0.2) is 0 Å². The molecule has 0 aliphatic rings. The monoisotopic (exact) mass is 304 g/mol. The molecule has 0 atom stereocenters. The maximum atomic E-state index is 12.0. The van der Waals surface area contributed by atoms with Gasteiger partial charge in [-0.1, -0.05) is 36.1 Å². The highest BCUT2D eigenvalue weighted by atomic mass is 19.3. The van der Waals surface area contributed by atoms with Gasteiger partial charge in [0.25, 0.3) is 12.9 Å². The van der Waals surface area contributed by atoms with Gasteiger partial charge in [-0.2, -0.15) is 0 Å². The van der Waals surface area contributed by atoms with Crippen LogP contribution in [0.4, 0.5) is 17.6 Å². The number of alkyl halides is 4. The summed E-state index contributed by atoms with van der Waals surface area (Å²) in [5, 5.41) is 0. The average molecular weight is 304 g/mol. The number of terminal acetylenes is 2. The van der Waals surface area contributed by atoms with Crippen molar-refractivity contribution in [3.63, 3.8) is 0 Å². The normalized spacial score (nSPS) is 9.64. The second kappa shape index (κ2) is 8.54. The van der Waals surface area contributed by atoms with Crippen LogP contribution < -0.4 is 0 Å². The molecule has 0 unspecified atom stereocenters. The highest BCUT2D eigenvalue weighted by molar-refractivity contribution is 5.35. The lowest BCUT2D eigenvalue weighted by atomic mass is 10.1. The summed E-state index contributed by atoms with van der Waals surface area (Å²) in [4.78, 5) is 0. The van der Waals surface area contributed by atoms with Gasteiger partial charge in [0, 0.05) is 22.3 Å². The van der Waals surface area contributed by atoms with Crippen LogP contribution in [0.3, 0.4) is 0 Å². The van der Waals surface area contributed by atoms with E-state index in [1.165, 1.54) is 48.5 Å². The molecule has 0 amide bonds. The number of halogens is 4. The van der Waals surface area contributed by atoms with Gasteiger partial charge in [0.2, 0.25) is 0 Å². The van der Waals surface area contributed by atoms with Crippen molar-refractivity contribution in [3.8, 4) is 24.7 Å². The van der Waals surface area contributed by atoms with Crippen LogP contribution in [0, 0.1) is 24.7 Å². The number of hydrogen-bond acceptors (Lipinski definition) is 0. The third-order valence-electron chi connectivity index (χ3n) is 2.66. The number of benzene rings is 2. The third-order valence-corrected chi connectivity index (χ3v) is 2.66. The fraction of sp³-hybridized carbons (Fsp3) is 0.111. The minimum absolute atomic E-state index is 0.00370. The van der Waals surface area contributed by atoms with Crippen molar-refractivity contribution >= 4 is 0 Å². The summed E-state index contributed by atoms with van der Waals surface area (Å²) in [5.41, 5.74) is 1.25. The molecule has 0 spiro atoms. The highest BCUT2D eigenvalue weighted by Crippen LogP contribution is 2.18. The molecule has 0 radical (unpaired) electrons. The van der Waals surface area contributed by atoms with Crippen molar-refractivity contribution in [2.75, 3.05) is 0 Å². The first-order valence-electron chi connectivity index (χ1n) is 6.17. The molecule has 0 fully saturated rings. The Bertz CT molecular complexity index is 595. The largest absolute Gasteiger partial charge is 0.263 e. The summed E-state index contributed by atoms with van der Waals surface area (Å²) in [5.74, 6) is 4.70. The standard InChI is InChI=1S/2C9H6F2/c2*1-2-7-3-5-8(6-4-7)9(10)11/h2*1,3-6,9H. The second-order valence-electron chi connectivity index (χ2n) is 4.13. The molecular formula is C18H12F4. The molecular weight excluding hydrogens is 292 g/mol. The lowest BCUT2D eigenvalue weighted by Gasteiger charge is -1.97. The summed E-state index contributed by atoms with van der Waals surface area (Å²) in [6.45, 7) is 0. The first kappa shape index (κ1) is 17.3. The number of hydrogen-bond donors (Lipinski definition) is 0. The van der Waals surface area contributed by atoms with Gasteiger partial charge in [0.05, 0.1) is 0 Å². The second-order valence-corrected chi connectivity index (χ2v) is 4.13. The summed E-state index contributed by atoms with van der Waals surface area (Å²) < 4.78 is 47.8. The summed E-state index contributed by atoms with van der Waals surface area (Å²) in [6.07, 6.45) is 5.25. The van der Waals surface area contributed by atoms with Crippen molar-refractivity contribution in [2.45, 2.75) is 12.9 Å². The van der Waals surface area contributed by atoms with Crippen LogP contribution >= 0.6 is 0 Å². The minimum Gasteiger partial charge on any atom is -0.205 e. The van der Waals surface area contributed by atoms with E-state index in [4.69, 9.17) is 12.8 Å². The quantitative estimate of drug-likeness (QED) is 0.527. The van der Waals surface area contributed by atoms with Crippen molar-refractivity contribution < 1.29 is 17.6 Å². The van der Waals surface area contributed by atoms with Gasteiger partial charge in [-0.05, 0) is 24.3 Å². The molecule has 22 heavy (non-hydrogen) atoms. The Hall–Kier alpha value is -2.72. The van der Waals surface area contributed by atoms with E-state index in [9.17, 15) is 17.6 Å². The van der Waals surface area contributed by atoms with Crippen LogP contribution in [-0.4, -0.2) is 0 Å². The van der Waals surface area contributed by atoms with Gasteiger partial charge in [-0.25, -0.2) is 17.6 Å². The molecule has 0 N–H and O–H groups in total. The summed E-state index contributed by atoms with van der Waals surface area (Å²) >= 11 is 0. The zero-order valence-electron chi connectivity index (χ0n) is 11.4. The predicted molar refractivity (Wildman–Crippen MR) is 78.7 cm³/mol. The van der Waals surface area contributed by atoms with Crippen molar-refractivity contribution in [3.05, 3.63) is 70.8 Å². The molecule has 112 valence electrons. The first-order chi connectivity index (χ1) is 10.5. The molecule has 2 aromatic rings. The van der Waals surface area contributed by atoms with Gasteiger partial charge in [0.1, 0.15) is 0 Å². The van der Waals surface area contributed by atoms with Crippen LogP contribution in [0.1, 0.15) is 35.1 Å². The van der Waals surface area contributed by atoms with Crippen molar-refractivity contribution in [1.29, 1.82) is 0 Å². The molecule has 0 bridgehead atoms. The summed E-state index contributed by atoms with van der Waals surface area (Å²) in [7, 11) is 0. The fourth-order valence-electron chi connectivity index (χ4n) is 1.45. The molecule has 0 saturated heterocycles. The van der Waals surface area contributed by atoms with E-state index in [1.807, 2.05) is 0 Å². The highest BCUT2D eigenvalue weighted by Gasteiger charge is 2.05. The third kappa shape index (κ3) is 5.34. The van der Waals surface area contributed by atoms with Gasteiger partial charge in [-0.15, -0.1) is 12.8 Å². The number of rotatable bonds is 2. The maximum absolute atomic E-state index is 12.0. The molecule has 4 heteroatoms. The fourth-order valence-corrected chi connectivity index (χ4v) is 1.45. The van der Waals surface area contributed by atoms with Crippen LogP contribution in [0.15, 0.2) is 48.5 Å². The Balaban J connectivity index is 0.000000220. The zero-order chi connectivity index (χ0) is 16.5. The average Bonchev–Trinajstić information content (AvgIpc) is 2.55. The zero-order valence-corrected chi connectivity index (χ0v) is 11.4. The van der Waals surface area contributed by atoms with Gasteiger partial charge in [-0.3, -0.25) is 0 Å². The molecule has 2 rings (SSSR count). The lowest BCUT2D eigenvalue weighted by molar-refractivity contribution is 0.151. The van der Waals surface area contributed by atoms with Crippen molar-refractivity contribution in [2.24, 2.45) is 0 Å². The van der Waals surface area contributed by atoms with E-state index in [0.29, 0.717) is 11.1 Å². The topological polar surface area (TPSA) is 0 Å². The Morgan fingerprint density at radius 2 is 0.864 bits per heavy atom. The van der Waals surface area contributed by atoms with Crippen molar-refractivity contribution in [1.82, 2.24) is 0 Å². The smallest absolute Gasteiger partial charge is 0.205 e. The first-order valence-corrected chi connectivity index (χ1v) is 6.17. The van der Waals surface area contributed by atoms with Crippen LogP contribution in [0.5, 0.6) is 0 Å². The van der Waals surface area contributed by atoms with E-state index in [-0.39, 0.29) is 11.1 Å². The van der Waals surface area contributed by atoms with Gasteiger partial charge >= 0.3 is 0 Å². The van der Waals surface area contributed by atoms with Crippen LogP contribution in [-0.2, 0) is 0 Å². The van der Waals surface area contributed by atoms with E-state index in [2.05, 4.69) is 11.8 Å². The Morgan fingerprint density at radius 3 is 1.05 bits per heavy atom. The SMILES string of the molecule is C#Cc1ccc(C(F)F)cc1.C#Cc1ccc(C(F)F)cc1.